The van der Waals surface area contributed by atoms with Crippen molar-refractivity contribution in [2.24, 2.45) is 0 Å². The van der Waals surface area contributed by atoms with Crippen molar-refractivity contribution in [2.75, 3.05) is 33.3 Å². The van der Waals surface area contributed by atoms with Crippen molar-refractivity contribution in [3.63, 3.8) is 0 Å². The van der Waals surface area contributed by atoms with Gasteiger partial charge in [0.15, 0.2) is 0 Å². The fraction of sp³-hybridized carbons (Fsp3) is 0.571. The van der Waals surface area contributed by atoms with E-state index in [9.17, 15) is 0 Å². The summed E-state index contributed by atoms with van der Waals surface area (Å²) in [5.41, 5.74) is 2.34. The SMILES string of the molecule is Cc1ccc(CNCC2CN(C)CCO2)c(Cl)c1. The maximum Gasteiger partial charge on any atom is 0.0826 e. The molecule has 0 aromatic heterocycles. The molecule has 1 aromatic rings. The van der Waals surface area contributed by atoms with Gasteiger partial charge in [-0.1, -0.05) is 23.7 Å². The maximum absolute atomic E-state index is 6.19. The third-order valence-electron chi connectivity index (χ3n) is 3.24. The topological polar surface area (TPSA) is 24.5 Å². The Kier molecular flexibility index (Phi) is 5.01. The number of aryl methyl sites for hydroxylation is 1. The van der Waals surface area contributed by atoms with E-state index in [0.717, 1.165) is 43.4 Å². The molecular weight excluding hydrogens is 248 g/mol. The van der Waals surface area contributed by atoms with Crippen molar-refractivity contribution in [2.45, 2.75) is 19.6 Å². The number of rotatable bonds is 4. The molecule has 100 valence electrons. The van der Waals surface area contributed by atoms with Gasteiger partial charge >= 0.3 is 0 Å². The van der Waals surface area contributed by atoms with Crippen LogP contribution in [0.4, 0.5) is 0 Å². The van der Waals surface area contributed by atoms with E-state index in [1.54, 1.807) is 0 Å². The Labute approximate surface area is 114 Å². The quantitative estimate of drug-likeness (QED) is 0.905. The van der Waals surface area contributed by atoms with E-state index in [0.29, 0.717) is 0 Å². The largest absolute Gasteiger partial charge is 0.374 e. The average molecular weight is 269 g/mol. The van der Waals surface area contributed by atoms with E-state index in [1.807, 2.05) is 6.07 Å². The first-order valence-electron chi connectivity index (χ1n) is 6.41. The molecule has 0 radical (unpaired) electrons. The molecule has 18 heavy (non-hydrogen) atoms. The van der Waals surface area contributed by atoms with Crippen LogP contribution < -0.4 is 5.32 Å². The second-order valence-corrected chi connectivity index (χ2v) is 5.39. The highest BCUT2D eigenvalue weighted by Gasteiger charge is 2.16. The highest BCUT2D eigenvalue weighted by atomic mass is 35.5. The number of ether oxygens (including phenoxy) is 1. The molecule has 0 saturated carbocycles. The molecular formula is C14H21ClN2O. The Hall–Kier alpha value is -0.610. The molecule has 1 N–H and O–H groups in total. The third-order valence-corrected chi connectivity index (χ3v) is 3.59. The summed E-state index contributed by atoms with van der Waals surface area (Å²) in [5, 5.41) is 4.25. The van der Waals surface area contributed by atoms with Gasteiger partial charge in [-0.05, 0) is 31.2 Å². The summed E-state index contributed by atoms with van der Waals surface area (Å²) in [6, 6.07) is 6.18. The van der Waals surface area contributed by atoms with Crippen LogP contribution in [0, 0.1) is 6.92 Å². The van der Waals surface area contributed by atoms with Gasteiger partial charge in [0.05, 0.1) is 12.7 Å². The fourth-order valence-corrected chi connectivity index (χ4v) is 2.46. The zero-order valence-corrected chi connectivity index (χ0v) is 11.8. The van der Waals surface area contributed by atoms with Crippen LogP contribution in [0.1, 0.15) is 11.1 Å². The van der Waals surface area contributed by atoms with Gasteiger partial charge in [-0.3, -0.25) is 0 Å². The van der Waals surface area contributed by atoms with Crippen LogP contribution in [0.2, 0.25) is 5.02 Å². The van der Waals surface area contributed by atoms with E-state index < -0.39 is 0 Å². The van der Waals surface area contributed by atoms with Gasteiger partial charge in [0.1, 0.15) is 0 Å². The molecule has 1 unspecified atom stereocenters. The Bertz CT molecular complexity index is 397. The molecule has 1 saturated heterocycles. The van der Waals surface area contributed by atoms with E-state index in [-0.39, 0.29) is 6.10 Å². The predicted octanol–water partition coefficient (Wildman–Crippen LogP) is 2.07. The zero-order chi connectivity index (χ0) is 13.0. The van der Waals surface area contributed by atoms with Gasteiger partial charge in [0.2, 0.25) is 0 Å². The Morgan fingerprint density at radius 2 is 2.33 bits per heavy atom. The van der Waals surface area contributed by atoms with Gasteiger partial charge < -0.3 is 15.0 Å². The number of nitrogens with one attached hydrogen (secondary N) is 1. The second-order valence-electron chi connectivity index (χ2n) is 4.98. The Balaban J connectivity index is 1.77. The van der Waals surface area contributed by atoms with Crippen molar-refractivity contribution >= 4 is 11.6 Å². The number of morpholine rings is 1. The number of benzene rings is 1. The number of likely N-dealkylation sites (N-methyl/N-ethyl adjacent to an activating group) is 1. The fourth-order valence-electron chi connectivity index (χ4n) is 2.15. The van der Waals surface area contributed by atoms with E-state index >= 15 is 0 Å². The highest BCUT2D eigenvalue weighted by molar-refractivity contribution is 6.31. The summed E-state index contributed by atoms with van der Waals surface area (Å²) in [7, 11) is 2.13. The van der Waals surface area contributed by atoms with Gasteiger partial charge in [0.25, 0.3) is 0 Å². The van der Waals surface area contributed by atoms with Gasteiger partial charge in [-0.2, -0.15) is 0 Å². The van der Waals surface area contributed by atoms with Crippen LogP contribution in [0.15, 0.2) is 18.2 Å². The summed E-state index contributed by atoms with van der Waals surface area (Å²) >= 11 is 6.19. The maximum atomic E-state index is 6.19. The summed E-state index contributed by atoms with van der Waals surface area (Å²) in [6.45, 7) is 6.56. The highest BCUT2D eigenvalue weighted by Crippen LogP contribution is 2.17. The molecule has 1 fully saturated rings. The minimum Gasteiger partial charge on any atom is -0.374 e. The minimum atomic E-state index is 0.285. The molecule has 0 aliphatic carbocycles. The zero-order valence-electron chi connectivity index (χ0n) is 11.1. The van der Waals surface area contributed by atoms with E-state index in [4.69, 9.17) is 16.3 Å². The molecule has 1 aliphatic rings. The molecule has 3 nitrogen and oxygen atoms in total. The molecule has 0 bridgehead atoms. The lowest BCUT2D eigenvalue weighted by Crippen LogP contribution is -2.44. The lowest BCUT2D eigenvalue weighted by Gasteiger charge is -2.30. The molecule has 1 atom stereocenters. The van der Waals surface area contributed by atoms with Crippen LogP contribution in [0.25, 0.3) is 0 Å². The van der Waals surface area contributed by atoms with Crippen LogP contribution in [0.5, 0.6) is 0 Å². The van der Waals surface area contributed by atoms with Crippen molar-refractivity contribution < 1.29 is 4.74 Å². The predicted molar refractivity (Wildman–Crippen MR) is 75.1 cm³/mol. The lowest BCUT2D eigenvalue weighted by molar-refractivity contribution is -0.0182. The summed E-state index contributed by atoms with van der Waals surface area (Å²) in [5.74, 6) is 0. The normalized spacial score (nSPS) is 21.2. The number of hydrogen-bond acceptors (Lipinski definition) is 3. The van der Waals surface area contributed by atoms with Crippen molar-refractivity contribution in [3.8, 4) is 0 Å². The average Bonchev–Trinajstić information content (AvgIpc) is 2.32. The summed E-state index contributed by atoms with van der Waals surface area (Å²) < 4.78 is 5.70. The van der Waals surface area contributed by atoms with Crippen LogP contribution in [-0.4, -0.2) is 44.3 Å². The van der Waals surface area contributed by atoms with Gasteiger partial charge in [-0.15, -0.1) is 0 Å². The summed E-state index contributed by atoms with van der Waals surface area (Å²) in [4.78, 5) is 2.30. The van der Waals surface area contributed by atoms with Crippen LogP contribution in [0.3, 0.4) is 0 Å². The lowest BCUT2D eigenvalue weighted by atomic mass is 10.1. The van der Waals surface area contributed by atoms with Crippen molar-refractivity contribution in [1.29, 1.82) is 0 Å². The van der Waals surface area contributed by atoms with Crippen molar-refractivity contribution in [3.05, 3.63) is 34.3 Å². The molecule has 1 aromatic carbocycles. The van der Waals surface area contributed by atoms with E-state index in [1.165, 1.54) is 5.56 Å². The molecule has 1 heterocycles. The first kappa shape index (κ1) is 13.8. The molecule has 0 spiro atoms. The molecule has 1 aliphatic heterocycles. The number of halogens is 1. The standard InChI is InChI=1S/C14H21ClN2O/c1-11-3-4-12(14(15)7-11)8-16-9-13-10-17(2)5-6-18-13/h3-4,7,13,16H,5-6,8-10H2,1-2H3. The van der Waals surface area contributed by atoms with Crippen LogP contribution >= 0.6 is 11.6 Å². The minimum absolute atomic E-state index is 0.285. The Morgan fingerprint density at radius 1 is 1.50 bits per heavy atom. The molecule has 2 rings (SSSR count). The van der Waals surface area contributed by atoms with Crippen molar-refractivity contribution in [1.82, 2.24) is 10.2 Å². The summed E-state index contributed by atoms with van der Waals surface area (Å²) in [6.07, 6.45) is 0.285. The molecule has 4 heteroatoms. The van der Waals surface area contributed by atoms with Gasteiger partial charge in [0, 0.05) is 31.2 Å². The smallest absolute Gasteiger partial charge is 0.0826 e. The Morgan fingerprint density at radius 3 is 3.06 bits per heavy atom. The first-order valence-corrected chi connectivity index (χ1v) is 6.79. The third kappa shape index (κ3) is 3.95. The van der Waals surface area contributed by atoms with Crippen LogP contribution in [-0.2, 0) is 11.3 Å². The molecule has 0 amide bonds. The first-order chi connectivity index (χ1) is 8.65. The second kappa shape index (κ2) is 6.53. The van der Waals surface area contributed by atoms with Gasteiger partial charge in [-0.25, -0.2) is 0 Å². The monoisotopic (exact) mass is 268 g/mol. The van der Waals surface area contributed by atoms with E-state index in [2.05, 4.69) is 36.3 Å². The number of hydrogen-bond donors (Lipinski definition) is 1. The number of nitrogens with zero attached hydrogens (tertiary/aromatic N) is 1.